The first-order valence-corrected chi connectivity index (χ1v) is 12.4. The molecule has 1 amide bonds. The minimum absolute atomic E-state index is 0.0245. The maximum atomic E-state index is 14.0. The quantitative estimate of drug-likeness (QED) is 0.627. The lowest BCUT2D eigenvalue weighted by Crippen LogP contribution is -2.44. The van der Waals surface area contributed by atoms with Crippen LogP contribution in [-0.2, 0) is 22.6 Å². The van der Waals surface area contributed by atoms with Crippen LogP contribution in [-0.4, -0.2) is 46.3 Å². The molecule has 11 heteroatoms. The first-order valence-electron chi connectivity index (χ1n) is 10.4. The number of sulfone groups is 1. The second-order valence-electron chi connectivity index (χ2n) is 7.71. The Labute approximate surface area is 196 Å². The lowest BCUT2D eigenvalue weighted by molar-refractivity contribution is -0.137. The fourth-order valence-corrected chi connectivity index (χ4v) is 5.20. The minimum Gasteiger partial charge on any atom is -0.368 e. The van der Waals surface area contributed by atoms with Crippen LogP contribution in [0.5, 0.6) is 0 Å². The van der Waals surface area contributed by atoms with Gasteiger partial charge < -0.3 is 15.5 Å². The standard InChI is InChI=1S/C22H25ClF3N3O3S/c1-3-33(31,32)19-7-4-16(23)12-15(19)13-28-21(30)17-5-6-18(29-10-8-27-9-11-29)20(14(17)2)22(24,25)26/h4-7,12,27H,3,8-11,13H2,1-2H3,(H,28,30). The van der Waals surface area contributed by atoms with Gasteiger partial charge in [0.2, 0.25) is 0 Å². The number of nitrogens with one attached hydrogen (secondary N) is 2. The number of carbonyl (C=O) groups is 1. The molecule has 180 valence electrons. The summed E-state index contributed by atoms with van der Waals surface area (Å²) in [6, 6.07) is 6.91. The molecule has 0 saturated carbocycles. The second-order valence-corrected chi connectivity index (χ2v) is 10.4. The molecule has 0 aromatic heterocycles. The van der Waals surface area contributed by atoms with E-state index in [-0.39, 0.29) is 44.6 Å². The molecule has 0 spiro atoms. The number of hydrogen-bond donors (Lipinski definition) is 2. The lowest BCUT2D eigenvalue weighted by atomic mass is 9.98. The minimum atomic E-state index is -4.64. The smallest absolute Gasteiger partial charge is 0.368 e. The van der Waals surface area contributed by atoms with Gasteiger partial charge in [-0.1, -0.05) is 18.5 Å². The van der Waals surface area contributed by atoms with E-state index in [9.17, 15) is 26.4 Å². The van der Waals surface area contributed by atoms with Crippen LogP contribution < -0.4 is 15.5 Å². The summed E-state index contributed by atoms with van der Waals surface area (Å²) in [5, 5.41) is 5.93. The predicted molar refractivity (Wildman–Crippen MR) is 122 cm³/mol. The van der Waals surface area contributed by atoms with Crippen molar-refractivity contribution in [1.82, 2.24) is 10.6 Å². The summed E-state index contributed by atoms with van der Waals surface area (Å²) in [4.78, 5) is 14.5. The van der Waals surface area contributed by atoms with Crippen molar-refractivity contribution in [2.75, 3.05) is 36.8 Å². The van der Waals surface area contributed by atoms with Crippen molar-refractivity contribution < 1.29 is 26.4 Å². The van der Waals surface area contributed by atoms with Crippen LogP contribution in [0.3, 0.4) is 0 Å². The first kappa shape index (κ1) is 25.3. The Morgan fingerprint density at radius 1 is 1.18 bits per heavy atom. The van der Waals surface area contributed by atoms with Crippen LogP contribution in [0.15, 0.2) is 35.2 Å². The summed E-state index contributed by atoms with van der Waals surface area (Å²) < 4.78 is 66.6. The van der Waals surface area contributed by atoms with Crippen molar-refractivity contribution >= 4 is 33.0 Å². The molecule has 1 saturated heterocycles. The van der Waals surface area contributed by atoms with Crippen LogP contribution in [0.2, 0.25) is 5.02 Å². The number of piperazine rings is 1. The van der Waals surface area contributed by atoms with E-state index in [0.717, 1.165) is 0 Å². The zero-order valence-electron chi connectivity index (χ0n) is 18.2. The molecule has 6 nitrogen and oxygen atoms in total. The predicted octanol–water partition coefficient (Wildman–Crippen LogP) is 3.80. The fourth-order valence-electron chi connectivity index (χ4n) is 3.89. The van der Waals surface area contributed by atoms with Crippen molar-refractivity contribution in [2.45, 2.75) is 31.5 Å². The average molecular weight is 504 g/mol. The lowest BCUT2D eigenvalue weighted by Gasteiger charge is -2.32. The molecule has 33 heavy (non-hydrogen) atoms. The van der Waals surface area contributed by atoms with Gasteiger partial charge in [-0.05, 0) is 48.4 Å². The maximum Gasteiger partial charge on any atom is 0.418 e. The SMILES string of the molecule is CCS(=O)(=O)c1ccc(Cl)cc1CNC(=O)c1ccc(N2CCNCC2)c(C(F)(F)F)c1C. The van der Waals surface area contributed by atoms with E-state index in [1.165, 1.54) is 44.2 Å². The fraction of sp³-hybridized carbons (Fsp3) is 0.409. The summed E-state index contributed by atoms with van der Waals surface area (Å²) in [5.41, 5.74) is -0.825. The van der Waals surface area contributed by atoms with Gasteiger partial charge in [0.15, 0.2) is 9.84 Å². The highest BCUT2D eigenvalue weighted by Crippen LogP contribution is 2.40. The number of amides is 1. The van der Waals surface area contributed by atoms with E-state index >= 15 is 0 Å². The highest BCUT2D eigenvalue weighted by atomic mass is 35.5. The van der Waals surface area contributed by atoms with Gasteiger partial charge in [0.05, 0.1) is 16.2 Å². The van der Waals surface area contributed by atoms with Crippen molar-refractivity contribution in [3.8, 4) is 0 Å². The molecule has 2 N–H and O–H groups in total. The van der Waals surface area contributed by atoms with Crippen LogP contribution in [0.25, 0.3) is 0 Å². The van der Waals surface area contributed by atoms with E-state index in [1.807, 2.05) is 0 Å². The molecule has 0 aliphatic carbocycles. The summed E-state index contributed by atoms with van der Waals surface area (Å²) in [6.45, 7) is 4.57. The molecule has 1 heterocycles. The Morgan fingerprint density at radius 3 is 2.45 bits per heavy atom. The topological polar surface area (TPSA) is 78.5 Å². The van der Waals surface area contributed by atoms with Crippen LogP contribution >= 0.6 is 11.6 Å². The molecule has 1 aliphatic heterocycles. The highest BCUT2D eigenvalue weighted by molar-refractivity contribution is 7.91. The van der Waals surface area contributed by atoms with Gasteiger partial charge in [-0.25, -0.2) is 8.42 Å². The average Bonchev–Trinajstić information content (AvgIpc) is 2.76. The van der Waals surface area contributed by atoms with Crippen LogP contribution in [0.1, 0.15) is 34.0 Å². The molecule has 1 aliphatic rings. The molecular weight excluding hydrogens is 479 g/mol. The largest absolute Gasteiger partial charge is 0.418 e. The number of halogens is 4. The number of carbonyl (C=O) groups excluding carboxylic acids is 1. The van der Waals surface area contributed by atoms with E-state index in [2.05, 4.69) is 10.6 Å². The van der Waals surface area contributed by atoms with Gasteiger partial charge in [-0.2, -0.15) is 13.2 Å². The summed E-state index contributed by atoms with van der Waals surface area (Å²) >= 11 is 5.99. The maximum absolute atomic E-state index is 14.0. The molecule has 0 atom stereocenters. The van der Waals surface area contributed by atoms with Crippen molar-refractivity contribution in [3.63, 3.8) is 0 Å². The molecule has 0 unspecified atom stereocenters. The zero-order valence-corrected chi connectivity index (χ0v) is 19.8. The van der Waals surface area contributed by atoms with Gasteiger partial charge in [0.1, 0.15) is 0 Å². The highest BCUT2D eigenvalue weighted by Gasteiger charge is 2.38. The molecule has 0 bridgehead atoms. The van der Waals surface area contributed by atoms with Crippen molar-refractivity contribution in [3.05, 3.63) is 57.6 Å². The third kappa shape index (κ3) is 5.62. The van der Waals surface area contributed by atoms with Crippen LogP contribution in [0.4, 0.5) is 18.9 Å². The van der Waals surface area contributed by atoms with E-state index in [4.69, 9.17) is 11.6 Å². The number of anilines is 1. The summed E-state index contributed by atoms with van der Waals surface area (Å²) in [5.74, 6) is -0.874. The number of nitrogens with zero attached hydrogens (tertiary/aromatic N) is 1. The normalized spacial score (nSPS) is 14.9. The Morgan fingerprint density at radius 2 is 1.85 bits per heavy atom. The Balaban J connectivity index is 1.92. The third-order valence-electron chi connectivity index (χ3n) is 5.61. The second kappa shape index (κ2) is 9.90. The molecular formula is C22H25ClF3N3O3S. The number of alkyl halides is 3. The zero-order chi connectivity index (χ0) is 24.4. The number of rotatable bonds is 6. The van der Waals surface area contributed by atoms with E-state index in [1.54, 1.807) is 4.90 Å². The number of benzene rings is 2. The third-order valence-corrected chi connectivity index (χ3v) is 7.67. The molecule has 0 radical (unpaired) electrons. The summed E-state index contributed by atoms with van der Waals surface area (Å²) in [6.07, 6.45) is -4.64. The Bertz CT molecular complexity index is 1150. The van der Waals surface area contributed by atoms with Crippen molar-refractivity contribution in [2.24, 2.45) is 0 Å². The molecule has 1 fully saturated rings. The van der Waals surface area contributed by atoms with E-state index < -0.39 is 27.5 Å². The molecule has 3 rings (SSSR count). The first-order chi connectivity index (χ1) is 15.5. The van der Waals surface area contributed by atoms with E-state index in [0.29, 0.717) is 26.2 Å². The Kier molecular flexibility index (Phi) is 7.60. The van der Waals surface area contributed by atoms with Gasteiger partial charge in [-0.3, -0.25) is 4.79 Å². The van der Waals surface area contributed by atoms with Gasteiger partial charge in [0.25, 0.3) is 5.91 Å². The molecule has 2 aromatic rings. The molecule has 2 aromatic carbocycles. The monoisotopic (exact) mass is 503 g/mol. The van der Waals surface area contributed by atoms with Gasteiger partial charge in [-0.15, -0.1) is 0 Å². The number of hydrogen-bond acceptors (Lipinski definition) is 5. The summed E-state index contributed by atoms with van der Waals surface area (Å²) in [7, 11) is -3.58. The Hall–Kier alpha value is -2.30. The van der Waals surface area contributed by atoms with Gasteiger partial charge >= 0.3 is 6.18 Å². The van der Waals surface area contributed by atoms with Gasteiger partial charge in [0, 0.05) is 49.0 Å². The van der Waals surface area contributed by atoms with Crippen LogP contribution in [0, 0.1) is 6.92 Å². The van der Waals surface area contributed by atoms with Crippen molar-refractivity contribution in [1.29, 1.82) is 0 Å².